The number of benzene rings is 1. The van der Waals surface area contributed by atoms with E-state index in [4.69, 9.17) is 4.42 Å². The van der Waals surface area contributed by atoms with E-state index in [1.165, 1.54) is 45.4 Å². The number of carbonyl (C=O) groups excluding carboxylic acids is 4. The second kappa shape index (κ2) is 13.7. The van der Waals surface area contributed by atoms with Gasteiger partial charge in [0.1, 0.15) is 23.0 Å². The molecule has 2 atom stereocenters. The molecule has 5 rings (SSSR count). The highest BCUT2D eigenvalue weighted by molar-refractivity contribution is 7.09. The van der Waals surface area contributed by atoms with Crippen LogP contribution in [0, 0.1) is 5.92 Å². The number of carbonyl (C=O) groups is 4. The topological polar surface area (TPSA) is 169 Å². The second-order valence-electron chi connectivity index (χ2n) is 11.0. The Kier molecular flexibility index (Phi) is 9.52. The normalized spacial score (nSPS) is 18.0. The van der Waals surface area contributed by atoms with Gasteiger partial charge in [0.05, 0.1) is 12.6 Å². The first-order chi connectivity index (χ1) is 21.6. The zero-order chi connectivity index (χ0) is 32.1. The average Bonchev–Trinajstić information content (AvgIpc) is 3.71. The zero-order valence-corrected chi connectivity index (χ0v) is 25.8. The number of pyridine rings is 1. The molecule has 13 nitrogen and oxygen atoms in total. The molecule has 0 spiro atoms. The number of nitrogens with one attached hydrogen (secondary N) is 3. The minimum Gasteiger partial charge on any atom is -0.446 e. The summed E-state index contributed by atoms with van der Waals surface area (Å²) in [6.45, 7) is 3.43. The third-order valence-corrected chi connectivity index (χ3v) is 8.21. The number of rotatable bonds is 4. The van der Waals surface area contributed by atoms with Gasteiger partial charge in [-0.3, -0.25) is 24.0 Å². The maximum atomic E-state index is 13.5. The summed E-state index contributed by atoms with van der Waals surface area (Å²) in [5.41, 5.74) is 0.783. The summed E-state index contributed by atoms with van der Waals surface area (Å²) < 4.78 is 6.99. The van der Waals surface area contributed by atoms with Crippen LogP contribution in [-0.2, 0) is 18.3 Å². The van der Waals surface area contributed by atoms with E-state index in [9.17, 15) is 24.0 Å². The van der Waals surface area contributed by atoms with Crippen LogP contribution < -0.4 is 21.5 Å². The lowest BCUT2D eigenvalue weighted by molar-refractivity contribution is -0.122. The van der Waals surface area contributed by atoms with Crippen LogP contribution in [0.5, 0.6) is 0 Å². The maximum Gasteiger partial charge on any atom is 0.273 e. The van der Waals surface area contributed by atoms with Gasteiger partial charge in [0.2, 0.25) is 11.8 Å². The van der Waals surface area contributed by atoms with E-state index in [-0.39, 0.29) is 54.0 Å². The van der Waals surface area contributed by atoms with Crippen LogP contribution in [0.15, 0.2) is 69.5 Å². The van der Waals surface area contributed by atoms with Crippen molar-refractivity contribution in [3.63, 3.8) is 0 Å². The monoisotopic (exact) mass is 631 g/mol. The number of amides is 4. The summed E-state index contributed by atoms with van der Waals surface area (Å²) in [4.78, 5) is 75.5. The zero-order valence-electron chi connectivity index (χ0n) is 25.0. The highest BCUT2D eigenvalue weighted by Gasteiger charge is 2.28. The van der Waals surface area contributed by atoms with Gasteiger partial charge in [-0.05, 0) is 17.5 Å². The van der Waals surface area contributed by atoms with Gasteiger partial charge in [-0.25, -0.2) is 9.97 Å². The van der Waals surface area contributed by atoms with Crippen molar-refractivity contribution in [2.75, 3.05) is 19.6 Å². The van der Waals surface area contributed by atoms with Crippen molar-refractivity contribution < 1.29 is 23.6 Å². The lowest BCUT2D eigenvalue weighted by Gasteiger charge is -2.25. The highest BCUT2D eigenvalue weighted by atomic mass is 32.1. The summed E-state index contributed by atoms with van der Waals surface area (Å²) in [5, 5.41) is 10.7. The van der Waals surface area contributed by atoms with Crippen LogP contribution in [0.4, 0.5) is 0 Å². The third-order valence-electron chi connectivity index (χ3n) is 7.28. The number of thiazole rings is 1. The van der Waals surface area contributed by atoms with E-state index < -0.39 is 35.7 Å². The average molecular weight is 632 g/mol. The Morgan fingerprint density at radius 1 is 1.04 bits per heavy atom. The molecule has 4 aromatic rings. The molecule has 0 aliphatic carbocycles. The molecule has 4 heterocycles. The van der Waals surface area contributed by atoms with Crippen molar-refractivity contribution in [2.45, 2.75) is 32.4 Å². The molecule has 4 bridgehead atoms. The molecule has 0 saturated carbocycles. The number of fused-ring (bicyclic) bond motifs is 4. The standard InChI is InChI=1S/C31H33N7O6S/c1-18(2)26-30-35-23(17-45-30)28(42)33-21(13-19-7-5-4-6-8-19)29-34-22(16-44-29)27(41)32-10-12-38(15-24(39)36-26)31(43)20-9-11-37(3)25(40)14-20/h4-9,11,14,16-18,21,26H,10,12-13,15H2,1-3H3,(H,32,41)(H,33,42)(H,36,39)/t21-,26-/m0/s1. The van der Waals surface area contributed by atoms with Crippen molar-refractivity contribution in [3.8, 4) is 0 Å². The van der Waals surface area contributed by atoms with Gasteiger partial charge >= 0.3 is 0 Å². The van der Waals surface area contributed by atoms with Gasteiger partial charge in [-0.15, -0.1) is 11.3 Å². The van der Waals surface area contributed by atoms with Gasteiger partial charge in [-0.2, -0.15) is 0 Å². The predicted octanol–water partition coefficient (Wildman–Crippen LogP) is 2.24. The quantitative estimate of drug-likeness (QED) is 0.308. The van der Waals surface area contributed by atoms with Crippen LogP contribution in [0.25, 0.3) is 0 Å². The van der Waals surface area contributed by atoms with Gasteiger partial charge < -0.3 is 29.8 Å². The minimum atomic E-state index is -0.710. The first-order valence-electron chi connectivity index (χ1n) is 14.4. The number of hydrogen-bond donors (Lipinski definition) is 3. The van der Waals surface area contributed by atoms with Gasteiger partial charge in [0, 0.05) is 49.8 Å². The molecule has 3 N–H and O–H groups in total. The second-order valence-corrected chi connectivity index (χ2v) is 11.9. The fourth-order valence-electron chi connectivity index (χ4n) is 4.79. The van der Waals surface area contributed by atoms with Crippen LogP contribution in [0.2, 0.25) is 0 Å². The lowest BCUT2D eigenvalue weighted by Crippen LogP contribution is -2.45. The molecule has 45 heavy (non-hydrogen) atoms. The first kappa shape index (κ1) is 31.3. The Morgan fingerprint density at radius 3 is 2.56 bits per heavy atom. The van der Waals surface area contributed by atoms with E-state index in [1.807, 2.05) is 44.2 Å². The summed E-state index contributed by atoms with van der Waals surface area (Å²) in [6, 6.07) is 10.9. The molecule has 1 aromatic carbocycles. The first-order valence-corrected chi connectivity index (χ1v) is 15.3. The predicted molar refractivity (Wildman–Crippen MR) is 165 cm³/mol. The molecule has 14 heteroatoms. The van der Waals surface area contributed by atoms with Crippen molar-refractivity contribution in [3.05, 3.63) is 104 Å². The molecular formula is C31H33N7O6S. The summed E-state index contributed by atoms with van der Waals surface area (Å²) in [5.74, 6) is -2.01. The van der Waals surface area contributed by atoms with E-state index in [0.717, 1.165) is 5.56 Å². The SMILES string of the molecule is CC(C)[C@@H]1NC(=O)CN(C(=O)c2ccn(C)c(=O)c2)CCNC(=O)c2coc(n2)[C@H](Cc2ccccc2)NC(=O)c2csc1n2. The molecule has 4 amide bonds. The van der Waals surface area contributed by atoms with Crippen LogP contribution in [0.3, 0.4) is 0 Å². The summed E-state index contributed by atoms with van der Waals surface area (Å²) in [7, 11) is 1.56. The van der Waals surface area contributed by atoms with Crippen molar-refractivity contribution in [1.82, 2.24) is 35.4 Å². The van der Waals surface area contributed by atoms with Gasteiger partial charge in [0.25, 0.3) is 23.3 Å². The van der Waals surface area contributed by atoms with Crippen molar-refractivity contribution in [1.29, 1.82) is 0 Å². The van der Waals surface area contributed by atoms with E-state index in [2.05, 4.69) is 25.9 Å². The van der Waals surface area contributed by atoms with Crippen LogP contribution in [0.1, 0.15) is 73.7 Å². The fourth-order valence-corrected chi connectivity index (χ4v) is 5.81. The molecule has 1 aliphatic heterocycles. The van der Waals surface area contributed by atoms with E-state index in [0.29, 0.717) is 11.4 Å². The number of aryl methyl sites for hydroxylation is 1. The van der Waals surface area contributed by atoms with E-state index in [1.54, 1.807) is 12.4 Å². The molecule has 0 radical (unpaired) electrons. The molecule has 0 fully saturated rings. The lowest BCUT2D eigenvalue weighted by atomic mass is 10.0. The van der Waals surface area contributed by atoms with E-state index >= 15 is 0 Å². The number of oxazole rings is 1. The Hall–Kier alpha value is -5.11. The molecular weight excluding hydrogens is 598 g/mol. The summed E-state index contributed by atoms with van der Waals surface area (Å²) in [6.07, 6.45) is 3.01. The van der Waals surface area contributed by atoms with Gasteiger partial charge in [0.15, 0.2) is 5.69 Å². The molecule has 3 aromatic heterocycles. The van der Waals surface area contributed by atoms with Crippen molar-refractivity contribution >= 4 is 35.0 Å². The van der Waals surface area contributed by atoms with Crippen molar-refractivity contribution in [2.24, 2.45) is 13.0 Å². The Labute approximate surface area is 262 Å². The maximum absolute atomic E-state index is 13.5. The Balaban J connectivity index is 1.47. The number of aromatic nitrogens is 3. The highest BCUT2D eigenvalue weighted by Crippen LogP contribution is 2.26. The number of hydrogen-bond acceptors (Lipinski definition) is 9. The minimum absolute atomic E-state index is 0.0154. The van der Waals surface area contributed by atoms with Crippen LogP contribution in [-0.4, -0.2) is 62.7 Å². The molecule has 234 valence electrons. The number of nitrogens with zero attached hydrogens (tertiary/aromatic N) is 4. The van der Waals surface area contributed by atoms with Crippen LogP contribution >= 0.6 is 11.3 Å². The Bertz CT molecular complexity index is 1760. The summed E-state index contributed by atoms with van der Waals surface area (Å²) >= 11 is 1.23. The third kappa shape index (κ3) is 7.52. The molecule has 0 unspecified atom stereocenters. The molecule has 1 aliphatic rings. The Morgan fingerprint density at radius 2 is 1.82 bits per heavy atom. The largest absolute Gasteiger partial charge is 0.446 e. The van der Waals surface area contributed by atoms with Gasteiger partial charge in [-0.1, -0.05) is 44.2 Å². The molecule has 0 saturated heterocycles. The fraction of sp³-hybridized carbons (Fsp3) is 0.323. The smallest absolute Gasteiger partial charge is 0.273 e.